The number of allylic oxidation sites excluding steroid dienone is 5. The average Bonchev–Trinajstić information content (AvgIpc) is 3.30. The summed E-state index contributed by atoms with van der Waals surface area (Å²) < 4.78 is 0. The van der Waals surface area contributed by atoms with Crippen LogP contribution in [-0.2, 0) is 0 Å². The van der Waals surface area contributed by atoms with Crippen molar-refractivity contribution in [3.8, 4) is 11.4 Å². The number of H-pyrrole nitrogens is 1. The summed E-state index contributed by atoms with van der Waals surface area (Å²) in [7, 11) is 0. The lowest BCUT2D eigenvalue weighted by atomic mass is 9.75. The third kappa shape index (κ3) is 6.74. The number of aliphatic hydroxyl groups excluding tert-OH is 1. The molecule has 3 rings (SSSR count). The zero-order valence-electron chi connectivity index (χ0n) is 23.9. The zero-order valence-corrected chi connectivity index (χ0v) is 23.9. The Morgan fingerprint density at radius 1 is 0.974 bits per heavy atom. The number of benzene rings is 1. The van der Waals surface area contributed by atoms with E-state index in [1.54, 1.807) is 4.90 Å². The van der Waals surface area contributed by atoms with E-state index in [2.05, 4.69) is 41.2 Å². The third-order valence-electron chi connectivity index (χ3n) is 7.55. The summed E-state index contributed by atoms with van der Waals surface area (Å²) in [6.07, 6.45) is 9.74. The molecule has 212 valence electrons. The van der Waals surface area contributed by atoms with Crippen molar-refractivity contribution in [2.24, 2.45) is 10.8 Å². The molecule has 9 heteroatoms. The standard InChI is InChI=1S/C30H42N4O5/c1-20(2)25(17-35)34(18-30(38,39)28(5,6)29(7,36)37)16-21-12-13-22(15-27(3,4)14-21)23-10-8-9-11-24(23)26-31-19-32-33-26/h8-15,19,35-39H,16-18H2,1-7H3,(H,31,32,33). The van der Waals surface area contributed by atoms with Crippen LogP contribution in [0.25, 0.3) is 17.0 Å². The summed E-state index contributed by atoms with van der Waals surface area (Å²) >= 11 is 0. The molecule has 0 radical (unpaired) electrons. The average molecular weight is 539 g/mol. The lowest BCUT2D eigenvalue weighted by Crippen LogP contribution is -2.62. The van der Waals surface area contributed by atoms with E-state index in [-0.39, 0.29) is 25.1 Å². The molecule has 1 heterocycles. The molecule has 39 heavy (non-hydrogen) atoms. The molecule has 1 aliphatic rings. The first-order valence-electron chi connectivity index (χ1n) is 13.0. The molecule has 0 saturated heterocycles. The fraction of sp³-hybridized carbons (Fsp3) is 0.467. The Hall–Kier alpha value is -3.08. The van der Waals surface area contributed by atoms with Gasteiger partial charge in [0.1, 0.15) is 6.33 Å². The topological polar surface area (TPSA) is 146 Å². The maximum absolute atomic E-state index is 11.1. The minimum absolute atomic E-state index is 0.248. The Labute approximate surface area is 230 Å². The fourth-order valence-electron chi connectivity index (χ4n) is 4.64. The first kappa shape index (κ1) is 30.5. The molecule has 0 atom stereocenters. The summed E-state index contributed by atoms with van der Waals surface area (Å²) in [6.45, 7) is 11.3. The number of nitrogens with one attached hydrogen (secondary N) is 1. The smallest absolute Gasteiger partial charge is 0.191 e. The van der Waals surface area contributed by atoms with Gasteiger partial charge >= 0.3 is 0 Å². The molecule has 0 unspecified atom stereocenters. The van der Waals surface area contributed by atoms with Crippen LogP contribution in [0.15, 0.2) is 71.7 Å². The van der Waals surface area contributed by atoms with Crippen molar-refractivity contribution in [1.29, 1.82) is 0 Å². The molecule has 1 aliphatic carbocycles. The number of hydrogen-bond donors (Lipinski definition) is 6. The summed E-state index contributed by atoms with van der Waals surface area (Å²) in [5, 5.41) is 59.9. The monoisotopic (exact) mass is 538 g/mol. The van der Waals surface area contributed by atoms with Crippen molar-refractivity contribution in [3.05, 3.63) is 77.3 Å². The van der Waals surface area contributed by atoms with Crippen LogP contribution >= 0.6 is 0 Å². The van der Waals surface area contributed by atoms with Gasteiger partial charge in [-0.3, -0.25) is 5.10 Å². The van der Waals surface area contributed by atoms with Gasteiger partial charge in [-0.15, -0.1) is 0 Å². The molecule has 0 bridgehead atoms. The third-order valence-corrected chi connectivity index (χ3v) is 7.55. The molecule has 0 aliphatic heterocycles. The van der Waals surface area contributed by atoms with Crippen LogP contribution in [0.3, 0.4) is 0 Å². The second-order valence-electron chi connectivity index (χ2n) is 11.8. The maximum atomic E-state index is 11.1. The lowest BCUT2D eigenvalue weighted by molar-refractivity contribution is -0.337. The van der Waals surface area contributed by atoms with Crippen molar-refractivity contribution >= 4 is 5.57 Å². The Bertz CT molecular complexity index is 1270. The van der Waals surface area contributed by atoms with E-state index >= 15 is 0 Å². The van der Waals surface area contributed by atoms with Crippen LogP contribution in [0, 0.1) is 10.8 Å². The van der Waals surface area contributed by atoms with E-state index < -0.39 is 17.0 Å². The highest BCUT2D eigenvalue weighted by Crippen LogP contribution is 2.40. The molecule has 1 aromatic carbocycles. The highest BCUT2D eigenvalue weighted by atomic mass is 16.5. The molecule has 6 N–H and O–H groups in total. The second kappa shape index (κ2) is 11.2. The van der Waals surface area contributed by atoms with Crippen LogP contribution < -0.4 is 0 Å². The van der Waals surface area contributed by atoms with Gasteiger partial charge < -0.3 is 30.4 Å². The van der Waals surface area contributed by atoms with Gasteiger partial charge in [-0.2, -0.15) is 5.10 Å². The van der Waals surface area contributed by atoms with Crippen molar-refractivity contribution in [3.63, 3.8) is 0 Å². The highest BCUT2D eigenvalue weighted by molar-refractivity contribution is 5.84. The Balaban J connectivity index is 2.00. The van der Waals surface area contributed by atoms with E-state index in [1.807, 2.05) is 50.3 Å². The highest BCUT2D eigenvalue weighted by Gasteiger charge is 2.54. The largest absolute Gasteiger partial charge is 0.390 e. The normalized spacial score (nSPS) is 15.9. The number of rotatable bonds is 10. The van der Waals surface area contributed by atoms with Gasteiger partial charge in [0.2, 0.25) is 0 Å². The first-order valence-corrected chi connectivity index (χ1v) is 13.0. The van der Waals surface area contributed by atoms with Gasteiger partial charge in [-0.05, 0) is 51.3 Å². The fourth-order valence-corrected chi connectivity index (χ4v) is 4.64. The molecule has 0 amide bonds. The van der Waals surface area contributed by atoms with E-state index in [1.165, 1.54) is 20.2 Å². The van der Waals surface area contributed by atoms with E-state index in [0.717, 1.165) is 34.8 Å². The van der Waals surface area contributed by atoms with Crippen molar-refractivity contribution in [2.45, 2.75) is 60.0 Å². The Morgan fingerprint density at radius 3 is 2.15 bits per heavy atom. The summed E-state index contributed by atoms with van der Waals surface area (Å²) in [5.41, 5.74) is 3.03. The summed E-state index contributed by atoms with van der Waals surface area (Å²) in [5.74, 6) is -4.21. The number of aromatic amines is 1. The summed E-state index contributed by atoms with van der Waals surface area (Å²) in [4.78, 5) is 6.01. The molecule has 0 fully saturated rings. The number of aromatic nitrogens is 3. The van der Waals surface area contributed by atoms with Gasteiger partial charge in [0, 0.05) is 23.2 Å². The van der Waals surface area contributed by atoms with Crippen LogP contribution in [0.1, 0.15) is 54.0 Å². The van der Waals surface area contributed by atoms with Crippen LogP contribution in [-0.4, -0.2) is 76.9 Å². The van der Waals surface area contributed by atoms with Gasteiger partial charge in [0.25, 0.3) is 0 Å². The van der Waals surface area contributed by atoms with Crippen LogP contribution in [0.4, 0.5) is 0 Å². The quantitative estimate of drug-likeness (QED) is 0.253. The second-order valence-corrected chi connectivity index (χ2v) is 11.8. The van der Waals surface area contributed by atoms with Gasteiger partial charge in [-0.25, -0.2) is 4.98 Å². The van der Waals surface area contributed by atoms with Crippen LogP contribution in [0.5, 0.6) is 0 Å². The first-order chi connectivity index (χ1) is 18.0. The van der Waals surface area contributed by atoms with E-state index in [4.69, 9.17) is 0 Å². The number of hydrogen-bond acceptors (Lipinski definition) is 8. The molecule has 1 aromatic heterocycles. The van der Waals surface area contributed by atoms with E-state index in [9.17, 15) is 25.5 Å². The Morgan fingerprint density at radius 2 is 1.62 bits per heavy atom. The van der Waals surface area contributed by atoms with Gasteiger partial charge in [-0.1, -0.05) is 68.0 Å². The zero-order chi connectivity index (χ0) is 29.2. The summed E-state index contributed by atoms with van der Waals surface area (Å²) in [6, 6.07) is 7.94. The predicted molar refractivity (Wildman–Crippen MR) is 152 cm³/mol. The minimum Gasteiger partial charge on any atom is -0.390 e. The molecule has 0 saturated carbocycles. The van der Waals surface area contributed by atoms with Gasteiger partial charge in [0.05, 0.1) is 18.6 Å². The molecule has 2 aromatic rings. The number of nitrogens with zero attached hydrogens (tertiary/aromatic N) is 3. The molecular formula is C30H42N4O5. The van der Waals surface area contributed by atoms with Gasteiger partial charge in [0.15, 0.2) is 17.4 Å². The maximum Gasteiger partial charge on any atom is 0.191 e. The number of aliphatic hydroxyl groups is 5. The van der Waals surface area contributed by atoms with E-state index in [0.29, 0.717) is 11.5 Å². The Kier molecular flexibility index (Phi) is 8.74. The van der Waals surface area contributed by atoms with Crippen LogP contribution in [0.2, 0.25) is 0 Å². The molecular weight excluding hydrogens is 496 g/mol. The predicted octanol–water partition coefficient (Wildman–Crippen LogP) is 3.37. The SMILES string of the molecule is CC(C)=C(CO)N(CC1=CC(C)(C)C=C(c2ccccc2-c2ncn[nH]2)C=C1)CC(O)(O)C(C)(C)C(C)(O)O. The van der Waals surface area contributed by atoms with Crippen molar-refractivity contribution in [2.75, 3.05) is 19.7 Å². The van der Waals surface area contributed by atoms with Crippen molar-refractivity contribution < 1.29 is 25.5 Å². The molecule has 0 spiro atoms. The molecule has 9 nitrogen and oxygen atoms in total. The lowest BCUT2D eigenvalue weighted by Gasteiger charge is -2.47. The van der Waals surface area contributed by atoms with Crippen molar-refractivity contribution in [1.82, 2.24) is 20.1 Å². The minimum atomic E-state index is -2.51.